The van der Waals surface area contributed by atoms with E-state index in [1.807, 2.05) is 0 Å². The summed E-state index contributed by atoms with van der Waals surface area (Å²) in [6.07, 6.45) is 53.5. The van der Waals surface area contributed by atoms with E-state index in [9.17, 15) is 14.4 Å². The molecule has 0 aliphatic carbocycles. The van der Waals surface area contributed by atoms with Gasteiger partial charge in [-0.15, -0.1) is 0 Å². The number of allylic oxidation sites excluding steroid dienone is 10. The van der Waals surface area contributed by atoms with E-state index in [-0.39, 0.29) is 31.1 Å². The van der Waals surface area contributed by atoms with Gasteiger partial charge in [-0.05, 0) is 77.0 Å². The van der Waals surface area contributed by atoms with E-state index in [1.165, 1.54) is 89.9 Å². The van der Waals surface area contributed by atoms with Crippen molar-refractivity contribution in [3.8, 4) is 0 Å². The first-order valence-electron chi connectivity index (χ1n) is 23.3. The first-order valence-corrected chi connectivity index (χ1v) is 23.3. The molecule has 0 radical (unpaired) electrons. The van der Waals surface area contributed by atoms with Crippen LogP contribution in [-0.4, -0.2) is 37.2 Å². The molecule has 6 nitrogen and oxygen atoms in total. The van der Waals surface area contributed by atoms with Crippen molar-refractivity contribution in [2.24, 2.45) is 0 Å². The molecule has 0 amide bonds. The van der Waals surface area contributed by atoms with Gasteiger partial charge in [0, 0.05) is 19.3 Å². The van der Waals surface area contributed by atoms with Gasteiger partial charge in [0.1, 0.15) is 13.2 Å². The van der Waals surface area contributed by atoms with Crippen molar-refractivity contribution in [3.63, 3.8) is 0 Å². The Morgan fingerprint density at radius 3 is 1.20 bits per heavy atom. The quantitative estimate of drug-likeness (QED) is 0.0266. The van der Waals surface area contributed by atoms with Gasteiger partial charge in [0.25, 0.3) is 0 Å². The fraction of sp³-hybridized carbons (Fsp3) is 0.740. The second kappa shape index (κ2) is 44.8. The first kappa shape index (κ1) is 53.1. The second-order valence-corrected chi connectivity index (χ2v) is 15.3. The van der Waals surface area contributed by atoms with Crippen molar-refractivity contribution in [1.82, 2.24) is 0 Å². The molecule has 1 atom stereocenters. The lowest BCUT2D eigenvalue weighted by atomic mass is 10.0. The lowest BCUT2D eigenvalue weighted by molar-refractivity contribution is -0.167. The van der Waals surface area contributed by atoms with Gasteiger partial charge in [-0.25, -0.2) is 0 Å². The maximum Gasteiger partial charge on any atom is 0.306 e. The molecular weight excluding hydrogens is 697 g/mol. The molecule has 0 fully saturated rings. The summed E-state index contributed by atoms with van der Waals surface area (Å²) in [7, 11) is 0. The Hall–Kier alpha value is -2.89. The van der Waals surface area contributed by atoms with E-state index in [0.29, 0.717) is 25.7 Å². The highest BCUT2D eigenvalue weighted by Crippen LogP contribution is 2.14. The van der Waals surface area contributed by atoms with Crippen LogP contribution in [0.4, 0.5) is 0 Å². The number of esters is 3. The van der Waals surface area contributed by atoms with Crippen LogP contribution >= 0.6 is 0 Å². The predicted molar refractivity (Wildman–Crippen MR) is 238 cm³/mol. The molecule has 56 heavy (non-hydrogen) atoms. The Kier molecular flexibility index (Phi) is 42.5. The highest BCUT2D eigenvalue weighted by Gasteiger charge is 2.19. The molecular formula is C50H86O6. The molecule has 0 aromatic carbocycles. The number of ether oxygens (including phenoxy) is 3. The Bertz CT molecular complexity index is 1040. The van der Waals surface area contributed by atoms with Crippen molar-refractivity contribution >= 4 is 17.9 Å². The fourth-order valence-electron chi connectivity index (χ4n) is 6.26. The van der Waals surface area contributed by atoms with Crippen LogP contribution in [0.15, 0.2) is 60.8 Å². The third-order valence-electron chi connectivity index (χ3n) is 9.76. The normalized spacial score (nSPS) is 12.6. The Balaban J connectivity index is 4.42. The van der Waals surface area contributed by atoms with E-state index >= 15 is 0 Å². The van der Waals surface area contributed by atoms with Crippen LogP contribution < -0.4 is 0 Å². The summed E-state index contributed by atoms with van der Waals surface area (Å²) in [5.41, 5.74) is 0. The van der Waals surface area contributed by atoms with E-state index < -0.39 is 6.10 Å². The highest BCUT2D eigenvalue weighted by atomic mass is 16.6. The topological polar surface area (TPSA) is 78.9 Å². The van der Waals surface area contributed by atoms with Crippen LogP contribution in [0.1, 0.15) is 220 Å². The Labute approximate surface area is 345 Å². The van der Waals surface area contributed by atoms with Gasteiger partial charge < -0.3 is 14.2 Å². The molecule has 0 N–H and O–H groups in total. The molecule has 0 bridgehead atoms. The number of carbonyl (C=O) groups is 3. The smallest absolute Gasteiger partial charge is 0.306 e. The van der Waals surface area contributed by atoms with Gasteiger partial charge in [-0.3, -0.25) is 14.4 Å². The summed E-state index contributed by atoms with van der Waals surface area (Å²) in [5, 5.41) is 0. The van der Waals surface area contributed by atoms with Crippen molar-refractivity contribution in [2.75, 3.05) is 13.2 Å². The number of unbranched alkanes of at least 4 members (excludes halogenated alkanes) is 20. The lowest BCUT2D eigenvalue weighted by Gasteiger charge is -2.18. The minimum atomic E-state index is -0.793. The van der Waals surface area contributed by atoms with Crippen molar-refractivity contribution in [3.05, 3.63) is 60.8 Å². The van der Waals surface area contributed by atoms with Crippen LogP contribution in [0.5, 0.6) is 0 Å². The first-order chi connectivity index (χ1) is 27.5. The van der Waals surface area contributed by atoms with Crippen LogP contribution in [-0.2, 0) is 28.6 Å². The molecule has 0 saturated heterocycles. The number of carbonyl (C=O) groups excluding carboxylic acids is 3. The average Bonchev–Trinajstić information content (AvgIpc) is 3.19. The molecule has 0 spiro atoms. The molecule has 6 heteroatoms. The lowest BCUT2D eigenvalue weighted by Crippen LogP contribution is -2.30. The fourth-order valence-corrected chi connectivity index (χ4v) is 6.26. The SMILES string of the molecule is CC/C=C\C/C=C\C/C=C\C/C=C\CCCCCC(=O)OCC(COC(=O)CCC/C=C\CCCCCC)OC(=O)CCCCCCCCCCCCCCC. The molecule has 1 unspecified atom stereocenters. The maximum atomic E-state index is 12.7. The summed E-state index contributed by atoms with van der Waals surface area (Å²) in [6, 6.07) is 0. The van der Waals surface area contributed by atoms with Crippen LogP contribution in [0, 0.1) is 0 Å². The Morgan fingerprint density at radius 1 is 0.375 bits per heavy atom. The van der Waals surface area contributed by atoms with Crippen LogP contribution in [0.3, 0.4) is 0 Å². The molecule has 0 aromatic heterocycles. The minimum Gasteiger partial charge on any atom is -0.462 e. The van der Waals surface area contributed by atoms with Crippen molar-refractivity contribution in [1.29, 1.82) is 0 Å². The van der Waals surface area contributed by atoms with E-state index in [4.69, 9.17) is 14.2 Å². The van der Waals surface area contributed by atoms with Gasteiger partial charge in [-0.2, -0.15) is 0 Å². The molecule has 0 heterocycles. The summed E-state index contributed by atoms with van der Waals surface area (Å²) < 4.78 is 16.6. The van der Waals surface area contributed by atoms with E-state index in [2.05, 4.69) is 81.5 Å². The van der Waals surface area contributed by atoms with Crippen LogP contribution in [0.25, 0.3) is 0 Å². The zero-order valence-electron chi connectivity index (χ0n) is 36.6. The van der Waals surface area contributed by atoms with E-state index in [0.717, 1.165) is 83.5 Å². The minimum absolute atomic E-state index is 0.0980. The molecule has 322 valence electrons. The highest BCUT2D eigenvalue weighted by molar-refractivity contribution is 5.71. The summed E-state index contributed by atoms with van der Waals surface area (Å²) in [6.45, 7) is 6.42. The summed E-state index contributed by atoms with van der Waals surface area (Å²) in [4.78, 5) is 37.7. The van der Waals surface area contributed by atoms with Crippen molar-refractivity contribution < 1.29 is 28.6 Å². The third-order valence-corrected chi connectivity index (χ3v) is 9.76. The number of hydrogen-bond acceptors (Lipinski definition) is 6. The molecule has 0 saturated carbocycles. The molecule has 0 rings (SSSR count). The zero-order chi connectivity index (χ0) is 40.8. The summed E-state index contributed by atoms with van der Waals surface area (Å²) in [5.74, 6) is -0.963. The zero-order valence-corrected chi connectivity index (χ0v) is 36.6. The van der Waals surface area contributed by atoms with Crippen molar-refractivity contribution in [2.45, 2.75) is 226 Å². The Morgan fingerprint density at radius 2 is 0.714 bits per heavy atom. The van der Waals surface area contributed by atoms with Gasteiger partial charge in [0.05, 0.1) is 0 Å². The maximum absolute atomic E-state index is 12.7. The molecule has 0 aromatic rings. The standard InChI is InChI=1S/C50H86O6/c1-4-7-10-13-16-19-21-23-24-25-27-28-31-34-37-40-43-49(52)55-46-47(45-54-48(51)42-39-36-33-30-18-15-12-9-6-3)56-50(53)44-41-38-35-32-29-26-22-20-17-14-11-8-5-2/h7,10,16,19,23-24,27-28,30,33,47H,4-6,8-9,11-15,17-18,20-22,25-26,29,31-32,34-46H2,1-3H3/b10-7-,19-16-,24-23-,28-27-,33-30-. The monoisotopic (exact) mass is 783 g/mol. The summed E-state index contributed by atoms with van der Waals surface area (Å²) >= 11 is 0. The molecule has 0 aliphatic heterocycles. The molecule has 0 aliphatic rings. The van der Waals surface area contributed by atoms with Crippen LogP contribution in [0.2, 0.25) is 0 Å². The number of rotatable bonds is 41. The largest absolute Gasteiger partial charge is 0.462 e. The third kappa shape index (κ3) is 42.3. The number of hydrogen-bond donors (Lipinski definition) is 0. The van der Waals surface area contributed by atoms with Gasteiger partial charge >= 0.3 is 17.9 Å². The van der Waals surface area contributed by atoms with Gasteiger partial charge in [0.2, 0.25) is 0 Å². The van der Waals surface area contributed by atoms with E-state index in [1.54, 1.807) is 0 Å². The predicted octanol–water partition coefficient (Wildman–Crippen LogP) is 14.9. The second-order valence-electron chi connectivity index (χ2n) is 15.3. The van der Waals surface area contributed by atoms with Gasteiger partial charge in [-0.1, -0.05) is 184 Å². The average molecular weight is 783 g/mol. The van der Waals surface area contributed by atoms with Gasteiger partial charge in [0.15, 0.2) is 6.10 Å².